The zero-order valence-corrected chi connectivity index (χ0v) is 14.5. The molecule has 0 saturated carbocycles. The third kappa shape index (κ3) is 4.49. The fourth-order valence-corrected chi connectivity index (χ4v) is 2.94. The van der Waals surface area contributed by atoms with Gasteiger partial charge in [0, 0.05) is 18.8 Å². The minimum absolute atomic E-state index is 0.0120. The first-order chi connectivity index (χ1) is 11.7. The van der Waals surface area contributed by atoms with Gasteiger partial charge >= 0.3 is 0 Å². The normalized spacial score (nSPS) is 10.2. The number of ether oxygens (including phenoxy) is 1. The van der Waals surface area contributed by atoms with E-state index in [0.29, 0.717) is 24.7 Å². The zero-order valence-electron chi connectivity index (χ0n) is 13.7. The van der Waals surface area contributed by atoms with E-state index in [1.165, 1.54) is 11.8 Å². The van der Waals surface area contributed by atoms with Gasteiger partial charge in [-0.3, -0.25) is 9.36 Å². The molecule has 0 aliphatic carbocycles. The molecule has 0 fully saturated rings. The first-order valence-corrected chi connectivity index (χ1v) is 8.50. The van der Waals surface area contributed by atoms with Crippen LogP contribution in [0, 0.1) is 11.3 Å². The number of amides is 1. The van der Waals surface area contributed by atoms with E-state index < -0.39 is 0 Å². The van der Waals surface area contributed by atoms with Crippen molar-refractivity contribution in [3.05, 3.63) is 30.6 Å². The van der Waals surface area contributed by atoms with Gasteiger partial charge in [-0.2, -0.15) is 5.26 Å². The maximum atomic E-state index is 12.2. The molecule has 7 nitrogen and oxygen atoms in total. The molecule has 0 unspecified atom stereocenters. The van der Waals surface area contributed by atoms with Gasteiger partial charge in [0.2, 0.25) is 5.91 Å². The van der Waals surface area contributed by atoms with Crippen molar-refractivity contribution < 1.29 is 9.53 Å². The van der Waals surface area contributed by atoms with E-state index in [4.69, 9.17) is 10.00 Å². The van der Waals surface area contributed by atoms with E-state index in [2.05, 4.69) is 16.3 Å². The number of rotatable bonds is 8. The van der Waals surface area contributed by atoms with Crippen molar-refractivity contribution in [2.75, 3.05) is 26.0 Å². The van der Waals surface area contributed by atoms with E-state index in [1.807, 2.05) is 35.8 Å². The molecule has 0 aliphatic heterocycles. The summed E-state index contributed by atoms with van der Waals surface area (Å²) in [4.78, 5) is 13.9. The van der Waals surface area contributed by atoms with Crippen molar-refractivity contribution in [1.29, 1.82) is 5.26 Å². The molecular formula is C16H19N5O2S. The van der Waals surface area contributed by atoms with Gasteiger partial charge in [0.15, 0.2) is 5.16 Å². The quantitative estimate of drug-likeness (QED) is 0.682. The van der Waals surface area contributed by atoms with Gasteiger partial charge in [-0.15, -0.1) is 10.2 Å². The minimum atomic E-state index is -0.0120. The van der Waals surface area contributed by atoms with Crippen LogP contribution in [0.4, 0.5) is 0 Å². The third-order valence-electron chi connectivity index (χ3n) is 3.42. The van der Waals surface area contributed by atoms with Crippen LogP contribution in [-0.4, -0.2) is 51.5 Å². The SMILES string of the molecule is CCN(CCC#N)C(=O)CSc1nncn1-c1ccc(OC)cc1. The Kier molecular flexibility index (Phi) is 6.63. The van der Waals surface area contributed by atoms with Crippen LogP contribution >= 0.6 is 11.8 Å². The lowest BCUT2D eigenvalue weighted by Crippen LogP contribution is -2.33. The predicted octanol–water partition coefficient (Wildman–Crippen LogP) is 2.13. The van der Waals surface area contributed by atoms with Crippen molar-refractivity contribution in [2.24, 2.45) is 0 Å². The first kappa shape index (κ1) is 17.8. The Balaban J connectivity index is 2.02. The Morgan fingerprint density at radius 3 is 2.79 bits per heavy atom. The van der Waals surface area contributed by atoms with Gasteiger partial charge in [0.25, 0.3) is 0 Å². The van der Waals surface area contributed by atoms with E-state index in [-0.39, 0.29) is 11.7 Å². The van der Waals surface area contributed by atoms with Crippen molar-refractivity contribution in [3.8, 4) is 17.5 Å². The molecule has 1 aromatic heterocycles. The Labute approximate surface area is 145 Å². The minimum Gasteiger partial charge on any atom is -0.497 e. The van der Waals surface area contributed by atoms with Gasteiger partial charge < -0.3 is 9.64 Å². The number of nitrogens with zero attached hydrogens (tertiary/aromatic N) is 5. The van der Waals surface area contributed by atoms with Gasteiger partial charge in [-0.1, -0.05) is 11.8 Å². The van der Waals surface area contributed by atoms with Crippen molar-refractivity contribution in [3.63, 3.8) is 0 Å². The fourth-order valence-electron chi connectivity index (χ4n) is 2.10. The summed E-state index contributed by atoms with van der Waals surface area (Å²) in [5.41, 5.74) is 0.896. The molecule has 8 heteroatoms. The number of aromatic nitrogens is 3. The fraction of sp³-hybridized carbons (Fsp3) is 0.375. The molecule has 126 valence electrons. The summed E-state index contributed by atoms with van der Waals surface area (Å²) in [5, 5.41) is 17.3. The molecule has 0 atom stereocenters. The molecule has 0 bridgehead atoms. The van der Waals surface area contributed by atoms with Crippen LogP contribution < -0.4 is 4.74 Å². The molecule has 0 spiro atoms. The maximum Gasteiger partial charge on any atom is 0.233 e. The molecule has 0 radical (unpaired) electrons. The standard InChI is InChI=1S/C16H19N5O2S/c1-3-20(10-4-9-17)15(22)11-24-16-19-18-12-21(16)13-5-7-14(23-2)8-6-13/h5-8,12H,3-4,10-11H2,1-2H3. The van der Waals surface area contributed by atoms with E-state index in [1.54, 1.807) is 18.3 Å². The van der Waals surface area contributed by atoms with Gasteiger partial charge in [-0.25, -0.2) is 0 Å². The maximum absolute atomic E-state index is 12.2. The monoisotopic (exact) mass is 345 g/mol. The second kappa shape index (κ2) is 8.93. The molecule has 0 N–H and O–H groups in total. The van der Waals surface area contributed by atoms with Crippen LogP contribution in [0.5, 0.6) is 5.75 Å². The molecule has 0 saturated heterocycles. The smallest absolute Gasteiger partial charge is 0.233 e. The summed E-state index contributed by atoms with van der Waals surface area (Å²) in [5.74, 6) is 1.02. The van der Waals surface area contributed by atoms with Crippen LogP contribution in [0.25, 0.3) is 5.69 Å². The van der Waals surface area contributed by atoms with Gasteiger partial charge in [0.1, 0.15) is 12.1 Å². The Hall–Kier alpha value is -2.53. The van der Waals surface area contributed by atoms with Crippen LogP contribution in [-0.2, 0) is 4.79 Å². The summed E-state index contributed by atoms with van der Waals surface area (Å²) in [6.45, 7) is 2.95. The molecule has 2 rings (SSSR count). The Morgan fingerprint density at radius 2 is 2.17 bits per heavy atom. The van der Waals surface area contributed by atoms with Crippen LogP contribution in [0.3, 0.4) is 0 Å². The number of carbonyl (C=O) groups is 1. The Morgan fingerprint density at radius 1 is 1.42 bits per heavy atom. The lowest BCUT2D eigenvalue weighted by atomic mass is 10.3. The van der Waals surface area contributed by atoms with Gasteiger partial charge in [0.05, 0.1) is 25.4 Å². The summed E-state index contributed by atoms with van der Waals surface area (Å²) >= 11 is 1.33. The topological polar surface area (TPSA) is 84.0 Å². The third-order valence-corrected chi connectivity index (χ3v) is 4.35. The highest BCUT2D eigenvalue weighted by Crippen LogP contribution is 2.21. The number of benzene rings is 1. The predicted molar refractivity (Wildman–Crippen MR) is 91.1 cm³/mol. The molecule has 24 heavy (non-hydrogen) atoms. The van der Waals surface area contributed by atoms with Crippen molar-refractivity contribution in [1.82, 2.24) is 19.7 Å². The molecule has 1 aromatic carbocycles. The molecule has 1 amide bonds. The average molecular weight is 345 g/mol. The highest BCUT2D eigenvalue weighted by molar-refractivity contribution is 7.99. The second-order valence-corrected chi connectivity index (χ2v) is 5.79. The van der Waals surface area contributed by atoms with Crippen LogP contribution in [0.15, 0.2) is 35.7 Å². The summed E-state index contributed by atoms with van der Waals surface area (Å²) < 4.78 is 6.97. The van der Waals surface area contributed by atoms with E-state index in [9.17, 15) is 4.79 Å². The lowest BCUT2D eigenvalue weighted by molar-refractivity contribution is -0.128. The highest BCUT2D eigenvalue weighted by Gasteiger charge is 2.14. The number of methoxy groups -OCH3 is 1. The number of hydrogen-bond acceptors (Lipinski definition) is 6. The number of carbonyl (C=O) groups excluding carboxylic acids is 1. The highest BCUT2D eigenvalue weighted by atomic mass is 32.2. The lowest BCUT2D eigenvalue weighted by Gasteiger charge is -2.19. The summed E-state index contributed by atoms with van der Waals surface area (Å²) in [6, 6.07) is 9.58. The molecule has 2 aromatic rings. The van der Waals surface area contributed by atoms with Crippen LogP contribution in [0.2, 0.25) is 0 Å². The van der Waals surface area contributed by atoms with Gasteiger partial charge in [-0.05, 0) is 31.2 Å². The largest absolute Gasteiger partial charge is 0.497 e. The molecule has 0 aliphatic rings. The molecular weight excluding hydrogens is 326 g/mol. The van der Waals surface area contributed by atoms with E-state index in [0.717, 1.165) is 11.4 Å². The molecule has 1 heterocycles. The second-order valence-electron chi connectivity index (χ2n) is 4.85. The summed E-state index contributed by atoms with van der Waals surface area (Å²) in [6.07, 6.45) is 1.95. The van der Waals surface area contributed by atoms with Crippen molar-refractivity contribution >= 4 is 17.7 Å². The van der Waals surface area contributed by atoms with Crippen molar-refractivity contribution in [2.45, 2.75) is 18.5 Å². The Bertz CT molecular complexity index is 708. The average Bonchev–Trinajstić information content (AvgIpc) is 3.09. The first-order valence-electron chi connectivity index (χ1n) is 7.51. The zero-order chi connectivity index (χ0) is 17.4. The number of nitriles is 1. The van der Waals surface area contributed by atoms with E-state index >= 15 is 0 Å². The number of thioether (sulfide) groups is 1. The van der Waals surface area contributed by atoms with Crippen LogP contribution in [0.1, 0.15) is 13.3 Å². The number of hydrogen-bond donors (Lipinski definition) is 0. The summed E-state index contributed by atoms with van der Waals surface area (Å²) in [7, 11) is 1.62.